The van der Waals surface area contributed by atoms with Crippen LogP contribution in [0.2, 0.25) is 0 Å². The first-order valence-corrected chi connectivity index (χ1v) is 8.33. The predicted molar refractivity (Wildman–Crippen MR) is 87.0 cm³/mol. The number of carboxylic acids is 1. The Morgan fingerprint density at radius 1 is 0.810 bits per heavy atom. The topological polar surface area (TPSA) is 37.3 Å². The summed E-state index contributed by atoms with van der Waals surface area (Å²) in [7, 11) is 0. The minimum absolute atomic E-state index is 0. The molecule has 0 aromatic carbocycles. The Kier molecular flexibility index (Phi) is 22.5. The normalized spacial score (nSPS) is 11.1. The Hall–Kier alpha value is 0.145. The van der Waals surface area contributed by atoms with E-state index < -0.39 is 5.97 Å². The monoisotopic (exact) mass is 419 g/mol. The van der Waals surface area contributed by atoms with Gasteiger partial charge in [0.15, 0.2) is 0 Å². The number of hydrogen-bond acceptors (Lipinski definition) is 1. The van der Waals surface area contributed by atoms with E-state index in [-0.39, 0.29) is 35.6 Å². The summed E-state index contributed by atoms with van der Waals surface area (Å²) in [5, 5.41) is 8.40. The van der Waals surface area contributed by atoms with Crippen molar-refractivity contribution in [3.8, 4) is 0 Å². The van der Waals surface area contributed by atoms with E-state index in [1.807, 2.05) is 12.2 Å². The Morgan fingerprint density at radius 3 is 1.76 bits per heavy atom. The van der Waals surface area contributed by atoms with Gasteiger partial charge in [-0.15, -0.1) is 0 Å². The van der Waals surface area contributed by atoms with Crippen molar-refractivity contribution in [3.05, 3.63) is 24.3 Å². The van der Waals surface area contributed by atoms with Gasteiger partial charge in [0.05, 0.1) is 0 Å². The molecule has 0 bridgehead atoms. The van der Waals surface area contributed by atoms with Crippen molar-refractivity contribution in [2.24, 2.45) is 0 Å². The quantitative estimate of drug-likeness (QED) is 0.217. The van der Waals surface area contributed by atoms with E-state index >= 15 is 0 Å². The summed E-state index contributed by atoms with van der Waals surface area (Å²) in [5.41, 5.74) is 0. The van der Waals surface area contributed by atoms with E-state index in [0.29, 0.717) is 0 Å². The van der Waals surface area contributed by atoms with Crippen molar-refractivity contribution in [2.45, 2.75) is 84.0 Å². The van der Waals surface area contributed by atoms with E-state index in [1.54, 1.807) is 6.08 Å². The second kappa shape index (κ2) is 20.1. The van der Waals surface area contributed by atoms with Crippen molar-refractivity contribution >= 4 is 5.97 Å². The van der Waals surface area contributed by atoms with Gasteiger partial charge in [-0.25, -0.2) is 4.79 Å². The van der Waals surface area contributed by atoms with Gasteiger partial charge in [-0.3, -0.25) is 0 Å². The molecule has 0 fully saturated rings. The molecule has 119 valence electrons. The van der Waals surface area contributed by atoms with E-state index in [2.05, 4.69) is 6.92 Å². The van der Waals surface area contributed by atoms with Crippen LogP contribution in [-0.2, 0) is 4.79 Å². The average molecular weight is 419 g/mol. The smallest absolute Gasteiger partial charge is 0.328 e. The molecule has 0 aliphatic rings. The molecular formula is C18H32LaO2. The second-order valence-electron chi connectivity index (χ2n) is 5.45. The number of allylic oxidation sites excluding steroid dienone is 3. The van der Waals surface area contributed by atoms with Crippen LogP contribution in [0.15, 0.2) is 24.3 Å². The summed E-state index contributed by atoms with van der Waals surface area (Å²) < 4.78 is 0. The number of unbranched alkanes of at least 4 members (excludes halogenated alkanes) is 11. The number of carbonyl (C=O) groups is 1. The Balaban J connectivity index is 0. The van der Waals surface area contributed by atoms with Gasteiger partial charge in [-0.05, 0) is 12.8 Å². The van der Waals surface area contributed by atoms with E-state index in [0.717, 1.165) is 12.5 Å². The maximum atomic E-state index is 10.2. The van der Waals surface area contributed by atoms with Gasteiger partial charge < -0.3 is 5.11 Å². The van der Waals surface area contributed by atoms with E-state index in [4.69, 9.17) is 5.11 Å². The molecule has 0 aromatic rings. The van der Waals surface area contributed by atoms with Crippen molar-refractivity contribution in [3.63, 3.8) is 0 Å². The molecule has 2 nitrogen and oxygen atoms in total. The van der Waals surface area contributed by atoms with Gasteiger partial charge in [0.1, 0.15) is 0 Å². The van der Waals surface area contributed by atoms with Crippen molar-refractivity contribution in [1.82, 2.24) is 0 Å². The fourth-order valence-electron chi connectivity index (χ4n) is 2.24. The fraction of sp³-hybridized carbons (Fsp3) is 0.722. The number of carboxylic acid groups (broad SMARTS) is 1. The summed E-state index contributed by atoms with van der Waals surface area (Å²) in [5.74, 6) is -0.885. The van der Waals surface area contributed by atoms with Crippen LogP contribution in [0, 0.1) is 35.6 Å². The molecule has 21 heavy (non-hydrogen) atoms. The molecule has 0 saturated heterocycles. The van der Waals surface area contributed by atoms with Crippen molar-refractivity contribution < 1.29 is 45.5 Å². The van der Waals surface area contributed by atoms with Crippen LogP contribution in [0.5, 0.6) is 0 Å². The molecule has 0 unspecified atom stereocenters. The van der Waals surface area contributed by atoms with Gasteiger partial charge in [-0.1, -0.05) is 89.4 Å². The zero-order valence-electron chi connectivity index (χ0n) is 13.7. The molecular weight excluding hydrogens is 387 g/mol. The molecule has 1 radical (unpaired) electrons. The first kappa shape index (κ1) is 23.4. The van der Waals surface area contributed by atoms with Gasteiger partial charge in [0, 0.05) is 41.7 Å². The number of aliphatic carboxylic acids is 1. The largest absolute Gasteiger partial charge is 0.478 e. The summed E-state index contributed by atoms with van der Waals surface area (Å²) >= 11 is 0. The molecule has 0 saturated carbocycles. The van der Waals surface area contributed by atoms with Gasteiger partial charge in [-0.2, -0.15) is 0 Å². The van der Waals surface area contributed by atoms with Crippen molar-refractivity contribution in [1.29, 1.82) is 0 Å². The van der Waals surface area contributed by atoms with Crippen LogP contribution in [0.25, 0.3) is 0 Å². The second-order valence-corrected chi connectivity index (χ2v) is 5.45. The maximum absolute atomic E-state index is 10.2. The molecule has 1 N–H and O–H groups in total. The molecule has 3 heteroatoms. The van der Waals surface area contributed by atoms with E-state index in [1.165, 1.54) is 70.6 Å². The van der Waals surface area contributed by atoms with Crippen LogP contribution in [0.3, 0.4) is 0 Å². The molecule has 0 amide bonds. The Bertz CT molecular complexity index is 272. The average Bonchev–Trinajstić information content (AvgIpc) is 2.43. The molecule has 0 atom stereocenters. The number of hydrogen-bond donors (Lipinski definition) is 1. The van der Waals surface area contributed by atoms with Crippen LogP contribution in [0.1, 0.15) is 84.0 Å². The Labute approximate surface area is 159 Å². The minimum atomic E-state index is -0.885. The predicted octanol–water partition coefficient (Wildman–Crippen LogP) is 5.88. The summed E-state index contributed by atoms with van der Waals surface area (Å²) in [4.78, 5) is 10.2. The standard InChI is InChI=1S/C18H32O2.La/c1-2-3-4-5-6-7-8-9-10-11-12-13-14-15-16-17-18(19)20;/h14-17H,2-13H2,1H3,(H,19,20);. The molecule has 0 aliphatic carbocycles. The van der Waals surface area contributed by atoms with Crippen molar-refractivity contribution in [2.75, 3.05) is 0 Å². The van der Waals surface area contributed by atoms with Crippen LogP contribution < -0.4 is 0 Å². The summed E-state index contributed by atoms with van der Waals surface area (Å²) in [6.45, 7) is 2.26. The number of rotatable bonds is 14. The minimum Gasteiger partial charge on any atom is -0.478 e. The third kappa shape index (κ3) is 22.6. The maximum Gasteiger partial charge on any atom is 0.328 e. The first-order valence-electron chi connectivity index (χ1n) is 8.33. The first-order chi connectivity index (χ1) is 9.77. The van der Waals surface area contributed by atoms with Gasteiger partial charge in [0.25, 0.3) is 0 Å². The molecule has 0 rings (SSSR count). The molecule has 0 spiro atoms. The molecule has 0 aromatic heterocycles. The SMILES string of the molecule is CCCCCCCCCCCCCC=CC=CC(=O)O.[La]. The zero-order chi connectivity index (χ0) is 14.9. The van der Waals surface area contributed by atoms with Gasteiger partial charge >= 0.3 is 5.97 Å². The Morgan fingerprint density at radius 2 is 1.29 bits per heavy atom. The van der Waals surface area contributed by atoms with Crippen LogP contribution in [0.4, 0.5) is 0 Å². The van der Waals surface area contributed by atoms with Crippen LogP contribution >= 0.6 is 0 Å². The summed E-state index contributed by atoms with van der Waals surface area (Å²) in [6, 6.07) is 0. The summed E-state index contributed by atoms with van der Waals surface area (Å²) in [6.07, 6.45) is 22.7. The molecule has 0 heterocycles. The third-order valence-electron chi connectivity index (χ3n) is 3.46. The van der Waals surface area contributed by atoms with Gasteiger partial charge in [0.2, 0.25) is 0 Å². The zero-order valence-corrected chi connectivity index (χ0v) is 17.4. The van der Waals surface area contributed by atoms with Crippen LogP contribution in [-0.4, -0.2) is 11.1 Å². The molecule has 0 aliphatic heterocycles. The van der Waals surface area contributed by atoms with E-state index in [9.17, 15) is 4.79 Å². The fourth-order valence-corrected chi connectivity index (χ4v) is 2.24. The third-order valence-corrected chi connectivity index (χ3v) is 3.46.